The molecule has 1 aliphatic heterocycles. The van der Waals surface area contributed by atoms with Crippen LogP contribution in [-0.4, -0.2) is 45.2 Å². The Balaban J connectivity index is 0.00000338. The van der Waals surface area contributed by atoms with Gasteiger partial charge in [-0.3, -0.25) is 9.79 Å². The smallest absolute Gasteiger partial charge is 0.225 e. The minimum absolute atomic E-state index is 0. The van der Waals surface area contributed by atoms with Crippen LogP contribution >= 0.6 is 24.0 Å². The molecule has 6 nitrogen and oxygen atoms in total. The number of guanidine groups is 1. The van der Waals surface area contributed by atoms with E-state index < -0.39 is 0 Å². The quantitative estimate of drug-likeness (QED) is 0.349. The molecule has 0 saturated carbocycles. The van der Waals surface area contributed by atoms with E-state index in [1.807, 2.05) is 18.2 Å². The Morgan fingerprint density at radius 2 is 2.04 bits per heavy atom. The molecule has 146 valence electrons. The third kappa shape index (κ3) is 6.12. The molecule has 1 amide bonds. The van der Waals surface area contributed by atoms with E-state index in [0.717, 1.165) is 17.2 Å². The second-order valence-electron chi connectivity index (χ2n) is 7.46. The van der Waals surface area contributed by atoms with E-state index in [9.17, 15) is 4.79 Å². The number of methoxy groups -OCH3 is 1. The van der Waals surface area contributed by atoms with Gasteiger partial charge in [0.2, 0.25) is 5.91 Å². The number of hydrogen-bond donors (Lipinski definition) is 3. The number of benzene rings is 1. The molecule has 2 rings (SSSR count). The van der Waals surface area contributed by atoms with Crippen molar-refractivity contribution in [2.45, 2.75) is 39.2 Å². The van der Waals surface area contributed by atoms with Gasteiger partial charge in [-0.2, -0.15) is 0 Å². The van der Waals surface area contributed by atoms with Crippen molar-refractivity contribution in [1.82, 2.24) is 10.6 Å². The summed E-state index contributed by atoms with van der Waals surface area (Å²) in [6.07, 6.45) is 0.552. The van der Waals surface area contributed by atoms with Gasteiger partial charge in [0, 0.05) is 45.3 Å². The van der Waals surface area contributed by atoms with Crippen molar-refractivity contribution in [2.24, 2.45) is 10.4 Å². The molecule has 0 aromatic heterocycles. The lowest BCUT2D eigenvalue weighted by Crippen LogP contribution is -2.46. The number of amides is 1. The second kappa shape index (κ2) is 10.1. The van der Waals surface area contributed by atoms with E-state index in [1.165, 1.54) is 0 Å². The lowest BCUT2D eigenvalue weighted by atomic mass is 9.89. The highest BCUT2D eigenvalue weighted by atomic mass is 127. The largest absolute Gasteiger partial charge is 0.379 e. The Kier molecular flexibility index (Phi) is 8.82. The number of hydrogen-bond acceptors (Lipinski definition) is 3. The van der Waals surface area contributed by atoms with E-state index in [-0.39, 0.29) is 47.3 Å². The van der Waals surface area contributed by atoms with Crippen LogP contribution in [0.1, 0.15) is 38.7 Å². The maximum atomic E-state index is 11.9. The SMILES string of the molecule is CN=C(NCC1CC(=O)Nc2ccccc21)NCC(OC)C(C)(C)C.I. The van der Waals surface area contributed by atoms with Crippen LogP contribution in [0.5, 0.6) is 0 Å². The number of halogens is 1. The van der Waals surface area contributed by atoms with E-state index in [2.05, 4.69) is 47.8 Å². The standard InChI is InChI=1S/C19H30N4O2.HI/c1-19(2,3)16(25-5)12-22-18(20-4)21-11-13-10-17(24)23-15-9-7-6-8-14(13)15;/h6-9,13,16H,10-12H2,1-5H3,(H,23,24)(H2,20,21,22);1H. The molecular weight excluding hydrogens is 443 g/mol. The summed E-state index contributed by atoms with van der Waals surface area (Å²) in [7, 11) is 3.47. The fourth-order valence-electron chi connectivity index (χ4n) is 3.06. The van der Waals surface area contributed by atoms with Gasteiger partial charge in [-0.15, -0.1) is 24.0 Å². The van der Waals surface area contributed by atoms with Crippen LogP contribution in [0.25, 0.3) is 0 Å². The summed E-state index contributed by atoms with van der Waals surface area (Å²) in [5, 5.41) is 9.58. The molecule has 1 heterocycles. The number of rotatable bonds is 5. The Labute approximate surface area is 173 Å². The fraction of sp³-hybridized carbons (Fsp3) is 0.579. The van der Waals surface area contributed by atoms with Crippen LogP contribution in [0.15, 0.2) is 29.3 Å². The minimum Gasteiger partial charge on any atom is -0.379 e. The Morgan fingerprint density at radius 3 is 2.65 bits per heavy atom. The normalized spacial score (nSPS) is 18.3. The number of fused-ring (bicyclic) bond motifs is 1. The summed E-state index contributed by atoms with van der Waals surface area (Å²) in [5.74, 6) is 0.903. The number of ether oxygens (including phenoxy) is 1. The van der Waals surface area contributed by atoms with Crippen molar-refractivity contribution in [3.8, 4) is 0 Å². The van der Waals surface area contributed by atoms with Crippen molar-refractivity contribution in [3.05, 3.63) is 29.8 Å². The Hall–Kier alpha value is -1.35. The van der Waals surface area contributed by atoms with Crippen molar-refractivity contribution in [1.29, 1.82) is 0 Å². The number of carbonyl (C=O) groups excluding carboxylic acids is 1. The summed E-state index contributed by atoms with van der Waals surface area (Å²) in [6.45, 7) is 7.77. The van der Waals surface area contributed by atoms with Crippen LogP contribution in [0, 0.1) is 5.41 Å². The van der Waals surface area contributed by atoms with Crippen LogP contribution in [0.4, 0.5) is 5.69 Å². The molecule has 3 N–H and O–H groups in total. The van der Waals surface area contributed by atoms with Gasteiger partial charge in [-0.25, -0.2) is 0 Å². The molecule has 0 bridgehead atoms. The van der Waals surface area contributed by atoms with Crippen LogP contribution < -0.4 is 16.0 Å². The van der Waals surface area contributed by atoms with Crippen molar-refractivity contribution < 1.29 is 9.53 Å². The van der Waals surface area contributed by atoms with Gasteiger partial charge in [-0.1, -0.05) is 39.0 Å². The van der Waals surface area contributed by atoms with Gasteiger partial charge >= 0.3 is 0 Å². The fourth-order valence-corrected chi connectivity index (χ4v) is 3.06. The van der Waals surface area contributed by atoms with Gasteiger partial charge in [0.15, 0.2) is 5.96 Å². The molecular formula is C19H31IN4O2. The number of nitrogens with one attached hydrogen (secondary N) is 3. The Morgan fingerprint density at radius 1 is 1.35 bits per heavy atom. The number of para-hydroxylation sites is 1. The molecule has 0 aliphatic carbocycles. The zero-order valence-electron chi connectivity index (χ0n) is 16.3. The minimum atomic E-state index is 0. The second-order valence-corrected chi connectivity index (χ2v) is 7.46. The summed E-state index contributed by atoms with van der Waals surface area (Å²) < 4.78 is 5.57. The van der Waals surface area contributed by atoms with E-state index in [4.69, 9.17) is 4.74 Å². The van der Waals surface area contributed by atoms with Gasteiger partial charge < -0.3 is 20.7 Å². The molecule has 1 aromatic carbocycles. The van der Waals surface area contributed by atoms with Gasteiger partial charge in [-0.05, 0) is 17.0 Å². The average molecular weight is 474 g/mol. The Bertz CT molecular complexity index is 628. The third-order valence-corrected chi connectivity index (χ3v) is 4.55. The molecule has 2 atom stereocenters. The third-order valence-electron chi connectivity index (χ3n) is 4.55. The zero-order chi connectivity index (χ0) is 18.4. The first-order chi connectivity index (χ1) is 11.8. The molecule has 0 fully saturated rings. The van der Waals surface area contributed by atoms with Gasteiger partial charge in [0.05, 0.1) is 6.10 Å². The molecule has 2 unspecified atom stereocenters. The maximum Gasteiger partial charge on any atom is 0.225 e. The highest BCUT2D eigenvalue weighted by molar-refractivity contribution is 14.0. The van der Waals surface area contributed by atoms with Crippen molar-refractivity contribution in [3.63, 3.8) is 0 Å². The van der Waals surface area contributed by atoms with E-state index >= 15 is 0 Å². The number of nitrogens with zero attached hydrogens (tertiary/aromatic N) is 1. The lowest BCUT2D eigenvalue weighted by Gasteiger charge is -2.30. The first-order valence-electron chi connectivity index (χ1n) is 8.71. The zero-order valence-corrected chi connectivity index (χ0v) is 18.6. The predicted molar refractivity (Wildman–Crippen MR) is 117 cm³/mol. The number of carbonyl (C=O) groups is 1. The maximum absolute atomic E-state index is 11.9. The topological polar surface area (TPSA) is 74.8 Å². The number of aliphatic imine (C=N–C) groups is 1. The van der Waals surface area contributed by atoms with Crippen LogP contribution in [-0.2, 0) is 9.53 Å². The summed E-state index contributed by atoms with van der Waals surface area (Å²) >= 11 is 0. The van der Waals surface area contributed by atoms with Gasteiger partial charge in [0.25, 0.3) is 0 Å². The molecule has 1 aliphatic rings. The van der Waals surface area contributed by atoms with Gasteiger partial charge in [0.1, 0.15) is 0 Å². The summed E-state index contributed by atoms with van der Waals surface area (Å²) in [4.78, 5) is 16.2. The molecule has 1 aromatic rings. The predicted octanol–water partition coefficient (Wildman–Crippen LogP) is 2.96. The van der Waals surface area contributed by atoms with Crippen molar-refractivity contribution >= 4 is 41.5 Å². The summed E-state index contributed by atoms with van der Waals surface area (Å²) in [5.41, 5.74) is 2.11. The highest BCUT2D eigenvalue weighted by Crippen LogP contribution is 2.31. The van der Waals surface area contributed by atoms with E-state index in [0.29, 0.717) is 19.5 Å². The number of anilines is 1. The summed E-state index contributed by atoms with van der Waals surface area (Å²) in [6, 6.07) is 7.95. The first-order valence-corrected chi connectivity index (χ1v) is 8.71. The average Bonchev–Trinajstić information content (AvgIpc) is 2.56. The van der Waals surface area contributed by atoms with Crippen LogP contribution in [0.3, 0.4) is 0 Å². The highest BCUT2D eigenvalue weighted by Gasteiger charge is 2.26. The van der Waals surface area contributed by atoms with Crippen molar-refractivity contribution in [2.75, 3.05) is 32.6 Å². The molecule has 0 radical (unpaired) electrons. The molecule has 7 heteroatoms. The molecule has 26 heavy (non-hydrogen) atoms. The lowest BCUT2D eigenvalue weighted by molar-refractivity contribution is -0.116. The monoisotopic (exact) mass is 474 g/mol. The molecule has 0 spiro atoms. The first kappa shape index (κ1) is 22.7. The molecule has 0 saturated heterocycles. The van der Waals surface area contributed by atoms with Crippen LogP contribution in [0.2, 0.25) is 0 Å². The van der Waals surface area contributed by atoms with E-state index in [1.54, 1.807) is 14.2 Å².